The summed E-state index contributed by atoms with van der Waals surface area (Å²) in [5.41, 5.74) is 3.63. The van der Waals surface area contributed by atoms with Crippen molar-refractivity contribution in [1.29, 1.82) is 0 Å². The first-order chi connectivity index (χ1) is 19.3. The van der Waals surface area contributed by atoms with Crippen LogP contribution in [0.3, 0.4) is 0 Å². The van der Waals surface area contributed by atoms with E-state index in [0.29, 0.717) is 45.5 Å². The smallest absolute Gasteiger partial charge is 0.258 e. The molecule has 5 rings (SSSR count). The predicted octanol–water partition coefficient (Wildman–Crippen LogP) is 6.21. The number of aromatic nitrogens is 1. The fourth-order valence-electron chi connectivity index (χ4n) is 5.12. The monoisotopic (exact) mass is 559 g/mol. The number of nitrogens with zero attached hydrogens (tertiary/aromatic N) is 2. The van der Waals surface area contributed by atoms with Gasteiger partial charge >= 0.3 is 0 Å². The summed E-state index contributed by atoms with van der Waals surface area (Å²) in [5, 5.41) is 7.73. The van der Waals surface area contributed by atoms with Gasteiger partial charge in [0.05, 0.1) is 38.6 Å². The van der Waals surface area contributed by atoms with Gasteiger partial charge in [-0.05, 0) is 41.5 Å². The number of methoxy groups -OCH3 is 3. The number of para-hydroxylation sites is 1. The number of fused-ring (bicyclic) bond motifs is 1. The molecule has 0 saturated carbocycles. The summed E-state index contributed by atoms with van der Waals surface area (Å²) in [6, 6.07) is 18.1. The van der Waals surface area contributed by atoms with Gasteiger partial charge in [-0.3, -0.25) is 9.59 Å². The van der Waals surface area contributed by atoms with Crippen molar-refractivity contribution >= 4 is 34.1 Å². The van der Waals surface area contributed by atoms with Crippen molar-refractivity contribution in [3.05, 3.63) is 87.2 Å². The number of amides is 1. The number of rotatable bonds is 7. The van der Waals surface area contributed by atoms with E-state index >= 15 is 0 Å². The fraction of sp³-hybridized carbons (Fsp3) is 0.258. The van der Waals surface area contributed by atoms with Crippen LogP contribution in [0.25, 0.3) is 22.0 Å². The number of hydrogen-bond donors (Lipinski definition) is 1. The number of H-pyrrole nitrogens is 1. The van der Waals surface area contributed by atoms with Crippen molar-refractivity contribution in [2.45, 2.75) is 26.3 Å². The molecule has 1 aliphatic heterocycles. The standard InChI is InChI=1S/C31H30ClN3O5/c1-17(2)31(37)35-24(19-14-25(38-3)29(40-5)26(15-19)39-4)16-23(34-35)28-27(18-10-12-20(32)13-11-18)21-8-6-7-9-22(21)33-30(28)36/h6-15,17,24H,16H2,1-5H3,(H,33,36)/t24-/m0/s1. The SMILES string of the molecule is COc1cc([C@@H]2CC(c3c(-c4ccc(Cl)cc4)c4ccccc4[nH]c3=O)=NN2C(=O)C(C)C)cc(OC)c1OC. The molecule has 1 amide bonds. The molecule has 1 atom stereocenters. The molecule has 0 aliphatic carbocycles. The number of pyridine rings is 1. The Morgan fingerprint density at radius 1 is 0.975 bits per heavy atom. The van der Waals surface area contributed by atoms with Crippen molar-refractivity contribution in [2.24, 2.45) is 11.0 Å². The van der Waals surface area contributed by atoms with E-state index in [-0.39, 0.29) is 17.4 Å². The second kappa shape index (κ2) is 11.1. The van der Waals surface area contributed by atoms with E-state index in [1.807, 2.05) is 62.4 Å². The molecule has 0 radical (unpaired) electrons. The van der Waals surface area contributed by atoms with Crippen LogP contribution in [0.1, 0.15) is 37.4 Å². The molecule has 1 N–H and O–H groups in total. The molecule has 3 aromatic carbocycles. The van der Waals surface area contributed by atoms with Gasteiger partial charge < -0.3 is 19.2 Å². The number of nitrogens with one attached hydrogen (secondary N) is 1. The highest BCUT2D eigenvalue weighted by molar-refractivity contribution is 6.30. The maximum absolute atomic E-state index is 13.7. The zero-order valence-corrected chi connectivity index (χ0v) is 23.7. The number of carbonyl (C=O) groups is 1. The van der Waals surface area contributed by atoms with E-state index in [1.54, 1.807) is 26.4 Å². The first-order valence-electron chi connectivity index (χ1n) is 12.9. The van der Waals surface area contributed by atoms with Crippen molar-refractivity contribution in [2.75, 3.05) is 21.3 Å². The normalized spacial score (nSPS) is 14.9. The molecule has 2 heterocycles. The summed E-state index contributed by atoms with van der Waals surface area (Å²) >= 11 is 6.19. The van der Waals surface area contributed by atoms with Gasteiger partial charge in [0.25, 0.3) is 5.56 Å². The van der Waals surface area contributed by atoms with E-state index in [4.69, 9.17) is 30.9 Å². The average molecular weight is 560 g/mol. The molecular weight excluding hydrogens is 530 g/mol. The van der Waals surface area contributed by atoms with Crippen molar-refractivity contribution in [1.82, 2.24) is 9.99 Å². The molecule has 4 aromatic rings. The quantitative estimate of drug-likeness (QED) is 0.291. The predicted molar refractivity (Wildman–Crippen MR) is 157 cm³/mol. The number of ether oxygens (including phenoxy) is 3. The molecule has 40 heavy (non-hydrogen) atoms. The van der Waals surface area contributed by atoms with Gasteiger partial charge in [0.1, 0.15) is 0 Å². The molecule has 1 aromatic heterocycles. The first-order valence-corrected chi connectivity index (χ1v) is 13.3. The molecule has 8 nitrogen and oxygen atoms in total. The lowest BCUT2D eigenvalue weighted by atomic mass is 9.91. The lowest BCUT2D eigenvalue weighted by Gasteiger charge is -2.25. The molecule has 9 heteroatoms. The van der Waals surface area contributed by atoms with Crippen molar-refractivity contribution in [3.8, 4) is 28.4 Å². The minimum absolute atomic E-state index is 0.168. The lowest BCUT2D eigenvalue weighted by molar-refractivity contribution is -0.136. The zero-order chi connectivity index (χ0) is 28.6. The summed E-state index contributed by atoms with van der Waals surface area (Å²) < 4.78 is 16.6. The Balaban J connectivity index is 1.72. The van der Waals surface area contributed by atoms with E-state index in [2.05, 4.69) is 4.98 Å². The Bertz CT molecular complexity index is 1650. The van der Waals surface area contributed by atoms with Crippen molar-refractivity contribution in [3.63, 3.8) is 0 Å². The van der Waals surface area contributed by atoms with Gasteiger partial charge in [-0.15, -0.1) is 0 Å². The van der Waals surface area contributed by atoms with E-state index in [1.165, 1.54) is 12.1 Å². The van der Waals surface area contributed by atoms with E-state index < -0.39 is 6.04 Å². The summed E-state index contributed by atoms with van der Waals surface area (Å²) in [6.07, 6.45) is 0.305. The third kappa shape index (κ3) is 4.79. The van der Waals surface area contributed by atoms with Crippen LogP contribution >= 0.6 is 11.6 Å². The zero-order valence-electron chi connectivity index (χ0n) is 22.9. The Hall–Kier alpha value is -4.30. The van der Waals surface area contributed by atoms with Gasteiger partial charge in [0.2, 0.25) is 11.7 Å². The van der Waals surface area contributed by atoms with Crippen LogP contribution in [-0.4, -0.2) is 42.9 Å². The highest BCUT2D eigenvalue weighted by Gasteiger charge is 2.37. The summed E-state index contributed by atoms with van der Waals surface area (Å²) in [5.74, 6) is 0.892. The Morgan fingerprint density at radius 3 is 2.23 bits per heavy atom. The van der Waals surface area contributed by atoms with Gasteiger partial charge in [0, 0.05) is 33.8 Å². The van der Waals surface area contributed by atoms with Crippen LogP contribution in [-0.2, 0) is 4.79 Å². The van der Waals surface area contributed by atoms with E-state index in [9.17, 15) is 9.59 Å². The molecule has 1 aliphatic rings. The van der Waals surface area contributed by atoms with Gasteiger partial charge in [0.15, 0.2) is 11.5 Å². The second-order valence-electron chi connectivity index (χ2n) is 9.82. The average Bonchev–Trinajstić information content (AvgIpc) is 3.40. The third-order valence-electron chi connectivity index (χ3n) is 7.05. The number of hydrogen-bond acceptors (Lipinski definition) is 6. The fourth-order valence-corrected chi connectivity index (χ4v) is 5.24. The minimum atomic E-state index is -0.498. The van der Waals surface area contributed by atoms with Gasteiger partial charge in [-0.1, -0.05) is 55.8 Å². The topological polar surface area (TPSA) is 93.2 Å². The van der Waals surface area contributed by atoms with Gasteiger partial charge in [-0.25, -0.2) is 5.01 Å². The van der Waals surface area contributed by atoms with Crippen LogP contribution in [0, 0.1) is 5.92 Å². The summed E-state index contributed by atoms with van der Waals surface area (Å²) in [7, 11) is 4.62. The Morgan fingerprint density at radius 2 is 1.62 bits per heavy atom. The van der Waals surface area contributed by atoms with Gasteiger partial charge in [-0.2, -0.15) is 5.10 Å². The maximum Gasteiger partial charge on any atom is 0.258 e. The molecule has 0 saturated heterocycles. The largest absolute Gasteiger partial charge is 0.493 e. The molecule has 206 valence electrons. The Kier molecular flexibility index (Phi) is 7.54. The maximum atomic E-state index is 13.7. The minimum Gasteiger partial charge on any atom is -0.493 e. The van der Waals surface area contributed by atoms with Crippen LogP contribution in [0.2, 0.25) is 5.02 Å². The molecule has 0 bridgehead atoms. The molecule has 0 fully saturated rings. The number of benzene rings is 3. The van der Waals surface area contributed by atoms with Crippen LogP contribution in [0.15, 0.2) is 70.6 Å². The summed E-state index contributed by atoms with van der Waals surface area (Å²) in [4.78, 5) is 30.2. The third-order valence-corrected chi connectivity index (χ3v) is 7.30. The molecule has 0 unspecified atom stereocenters. The van der Waals surface area contributed by atoms with Crippen LogP contribution < -0.4 is 19.8 Å². The van der Waals surface area contributed by atoms with Crippen LogP contribution in [0.5, 0.6) is 17.2 Å². The van der Waals surface area contributed by atoms with Crippen LogP contribution in [0.4, 0.5) is 0 Å². The van der Waals surface area contributed by atoms with Crippen molar-refractivity contribution < 1.29 is 19.0 Å². The highest BCUT2D eigenvalue weighted by Crippen LogP contribution is 2.44. The first kappa shape index (κ1) is 27.3. The number of hydrazone groups is 1. The second-order valence-corrected chi connectivity index (χ2v) is 10.3. The highest BCUT2D eigenvalue weighted by atomic mass is 35.5. The number of carbonyl (C=O) groups excluding carboxylic acids is 1. The Labute approximate surface area is 237 Å². The summed E-state index contributed by atoms with van der Waals surface area (Å²) in [6.45, 7) is 3.65. The molecule has 0 spiro atoms. The lowest BCUT2D eigenvalue weighted by Crippen LogP contribution is -2.30. The number of aromatic amines is 1. The number of halogens is 1. The molecular formula is C31H30ClN3O5. The van der Waals surface area contributed by atoms with E-state index in [0.717, 1.165) is 22.1 Å².